The van der Waals surface area contributed by atoms with E-state index in [0.717, 1.165) is 18.7 Å². The molecule has 1 aromatic carbocycles. The first kappa shape index (κ1) is 19.7. The molecule has 0 spiro atoms. The van der Waals surface area contributed by atoms with Gasteiger partial charge in [-0.3, -0.25) is 4.90 Å². The van der Waals surface area contributed by atoms with Gasteiger partial charge in [0.05, 0.1) is 24.4 Å². The molecule has 24 heavy (non-hydrogen) atoms. The van der Waals surface area contributed by atoms with Crippen LogP contribution in [0.1, 0.15) is 33.3 Å². The zero-order valence-electron chi connectivity index (χ0n) is 14.9. The van der Waals surface area contributed by atoms with Crippen LogP contribution in [0.15, 0.2) is 18.2 Å². The molecule has 0 unspecified atom stereocenters. The summed E-state index contributed by atoms with van der Waals surface area (Å²) in [4.78, 5) is 2.24. The number of morpholine rings is 1. The minimum absolute atomic E-state index is 0.600. The molecule has 0 saturated carbocycles. The average Bonchev–Trinajstić information content (AvgIpc) is 2.48. The van der Waals surface area contributed by atoms with Crippen molar-refractivity contribution < 1.29 is 19.5 Å². The normalized spacial score (nSPS) is 17.1. The fourth-order valence-electron chi connectivity index (χ4n) is 2.44. The van der Waals surface area contributed by atoms with Gasteiger partial charge in [0.25, 0.3) is 0 Å². The van der Waals surface area contributed by atoms with Crippen LogP contribution in [0, 0.1) is 0 Å². The van der Waals surface area contributed by atoms with Gasteiger partial charge in [0.1, 0.15) is 0 Å². The summed E-state index contributed by atoms with van der Waals surface area (Å²) < 4.78 is 11.1. The topological polar surface area (TPSA) is 62.2 Å². The Hall–Kier alpha value is -0.625. The molecule has 0 amide bonds. The van der Waals surface area contributed by atoms with Crippen molar-refractivity contribution in [3.63, 3.8) is 0 Å². The van der Waals surface area contributed by atoms with Crippen LogP contribution in [0.4, 0.5) is 0 Å². The highest BCUT2D eigenvalue weighted by Crippen LogP contribution is 2.26. The Morgan fingerprint density at radius 3 is 2.46 bits per heavy atom. The summed E-state index contributed by atoms with van der Waals surface area (Å²) >= 11 is 6.38. The molecule has 7 heteroatoms. The van der Waals surface area contributed by atoms with Crippen molar-refractivity contribution in [3.05, 3.63) is 28.8 Å². The Morgan fingerprint density at radius 2 is 1.88 bits per heavy atom. The predicted octanol–water partition coefficient (Wildman–Crippen LogP) is 1.43. The lowest BCUT2D eigenvalue weighted by Crippen LogP contribution is -2.53. The molecule has 0 aromatic heterocycles. The van der Waals surface area contributed by atoms with Gasteiger partial charge in [-0.05, 0) is 44.8 Å². The fraction of sp³-hybridized carbons (Fsp3) is 0.647. The van der Waals surface area contributed by atoms with Crippen molar-refractivity contribution in [1.29, 1.82) is 0 Å². The van der Waals surface area contributed by atoms with Crippen LogP contribution in [-0.4, -0.2) is 59.7 Å². The van der Waals surface area contributed by atoms with Gasteiger partial charge in [-0.15, -0.1) is 0 Å². The van der Waals surface area contributed by atoms with E-state index in [1.54, 1.807) is 33.8 Å². The molecule has 1 heterocycles. The monoisotopic (exact) mass is 355 g/mol. The quantitative estimate of drug-likeness (QED) is 0.756. The molecule has 1 aliphatic heterocycles. The van der Waals surface area contributed by atoms with Gasteiger partial charge in [0, 0.05) is 24.7 Å². The van der Waals surface area contributed by atoms with Crippen molar-refractivity contribution in [2.45, 2.75) is 45.4 Å². The van der Waals surface area contributed by atoms with Crippen molar-refractivity contribution >= 4 is 24.2 Å². The third kappa shape index (κ3) is 4.72. The van der Waals surface area contributed by atoms with E-state index in [9.17, 15) is 10.1 Å². The first-order chi connectivity index (χ1) is 11.1. The lowest BCUT2D eigenvalue weighted by Gasteiger charge is -2.38. The number of hydrogen-bond donors (Lipinski definition) is 2. The number of halogens is 1. The lowest BCUT2D eigenvalue weighted by molar-refractivity contribution is -0.0983. The summed E-state index contributed by atoms with van der Waals surface area (Å²) in [5.41, 5.74) is -0.548. The zero-order valence-corrected chi connectivity index (χ0v) is 15.6. The third-order valence-electron chi connectivity index (χ3n) is 4.79. The maximum Gasteiger partial charge on any atom is 0.492 e. The molecule has 2 N–H and O–H groups in total. The summed E-state index contributed by atoms with van der Waals surface area (Å²) in [5, 5.41) is 21.5. The molecular weight excluding hydrogens is 328 g/mol. The molecule has 1 saturated heterocycles. The summed E-state index contributed by atoms with van der Waals surface area (Å²) in [5.74, 6) is 0. The van der Waals surface area contributed by atoms with Crippen LogP contribution in [-0.2, 0) is 15.9 Å². The summed E-state index contributed by atoms with van der Waals surface area (Å²) in [6.07, 6.45) is 0. The number of rotatable bonds is 6. The van der Waals surface area contributed by atoms with E-state index in [2.05, 4.69) is 4.90 Å². The Kier molecular flexibility index (Phi) is 6.34. The first-order valence-electron chi connectivity index (χ1n) is 8.27. The van der Waals surface area contributed by atoms with E-state index < -0.39 is 18.3 Å². The highest BCUT2D eigenvalue weighted by atomic mass is 35.5. The highest BCUT2D eigenvalue weighted by molar-refractivity contribution is 6.61. The second-order valence-electron chi connectivity index (χ2n) is 7.24. The van der Waals surface area contributed by atoms with E-state index in [-0.39, 0.29) is 0 Å². The molecule has 2 rings (SSSR count). The smallest absolute Gasteiger partial charge is 0.423 e. The van der Waals surface area contributed by atoms with Crippen LogP contribution in [0.2, 0.25) is 5.02 Å². The molecule has 5 nitrogen and oxygen atoms in total. The third-order valence-corrected chi connectivity index (χ3v) is 5.14. The van der Waals surface area contributed by atoms with Gasteiger partial charge >= 0.3 is 7.12 Å². The molecular formula is C17H27BClNO4. The van der Waals surface area contributed by atoms with Crippen LogP contribution in [0.25, 0.3) is 0 Å². The predicted molar refractivity (Wildman–Crippen MR) is 96.6 cm³/mol. The molecule has 0 bridgehead atoms. The number of ether oxygens (including phenoxy) is 1. The Morgan fingerprint density at radius 1 is 1.25 bits per heavy atom. The van der Waals surface area contributed by atoms with Gasteiger partial charge in [-0.25, -0.2) is 0 Å². The second-order valence-corrected chi connectivity index (χ2v) is 7.64. The van der Waals surface area contributed by atoms with Crippen LogP contribution in [0.5, 0.6) is 0 Å². The van der Waals surface area contributed by atoms with E-state index in [4.69, 9.17) is 21.0 Å². The average molecular weight is 356 g/mol. The Bertz CT molecular complexity index is 556. The Labute approximate surface area is 149 Å². The standard InChI is InChI=1S/C17H27BClNO4/c1-16(2,21)17(3,4)24-18(22)14-6-5-7-15(19)13(14)12-20-8-10-23-11-9-20/h5-7,21-22H,8-12H2,1-4H3. The summed E-state index contributed by atoms with van der Waals surface area (Å²) in [7, 11) is -1.17. The first-order valence-corrected chi connectivity index (χ1v) is 8.65. The molecule has 134 valence electrons. The maximum absolute atomic E-state index is 10.6. The van der Waals surface area contributed by atoms with Crippen LogP contribution >= 0.6 is 11.6 Å². The molecule has 0 atom stereocenters. The van der Waals surface area contributed by atoms with E-state index in [1.165, 1.54) is 0 Å². The SMILES string of the molecule is CC(C)(O)C(C)(C)OB(O)c1cccc(Cl)c1CN1CCOCC1. The molecule has 0 radical (unpaired) electrons. The van der Waals surface area contributed by atoms with Gasteiger partial charge in [-0.2, -0.15) is 0 Å². The number of nitrogens with zero attached hydrogens (tertiary/aromatic N) is 1. The summed E-state index contributed by atoms with van der Waals surface area (Å²) in [6, 6.07) is 5.42. The lowest BCUT2D eigenvalue weighted by atomic mass is 9.74. The highest BCUT2D eigenvalue weighted by Gasteiger charge is 2.40. The van der Waals surface area contributed by atoms with Gasteiger partial charge < -0.3 is 19.5 Å². The van der Waals surface area contributed by atoms with Crippen molar-refractivity contribution in [1.82, 2.24) is 4.90 Å². The largest absolute Gasteiger partial charge is 0.492 e. The number of aliphatic hydroxyl groups is 1. The van der Waals surface area contributed by atoms with E-state index >= 15 is 0 Å². The number of benzene rings is 1. The summed E-state index contributed by atoms with van der Waals surface area (Å²) in [6.45, 7) is 10.5. The van der Waals surface area contributed by atoms with E-state index in [1.807, 2.05) is 12.1 Å². The second kappa shape index (κ2) is 7.73. The van der Waals surface area contributed by atoms with Crippen molar-refractivity contribution in [2.75, 3.05) is 26.3 Å². The zero-order chi connectivity index (χ0) is 18.0. The van der Waals surface area contributed by atoms with Gasteiger partial charge in [-0.1, -0.05) is 23.7 Å². The molecule has 0 aliphatic carbocycles. The van der Waals surface area contributed by atoms with Crippen LogP contribution < -0.4 is 5.46 Å². The molecule has 1 fully saturated rings. The van der Waals surface area contributed by atoms with Crippen molar-refractivity contribution in [3.8, 4) is 0 Å². The van der Waals surface area contributed by atoms with Crippen LogP contribution in [0.3, 0.4) is 0 Å². The molecule has 1 aliphatic rings. The van der Waals surface area contributed by atoms with Gasteiger partial charge in [0.15, 0.2) is 0 Å². The minimum Gasteiger partial charge on any atom is -0.423 e. The fourth-order valence-corrected chi connectivity index (χ4v) is 2.68. The minimum atomic E-state index is -1.17. The maximum atomic E-state index is 10.6. The molecule has 1 aromatic rings. The van der Waals surface area contributed by atoms with Crippen molar-refractivity contribution in [2.24, 2.45) is 0 Å². The van der Waals surface area contributed by atoms with Gasteiger partial charge in [0.2, 0.25) is 0 Å². The van der Waals surface area contributed by atoms with E-state index in [0.29, 0.717) is 30.2 Å². The Balaban J connectivity index is 2.21. The number of hydrogen-bond acceptors (Lipinski definition) is 5.